The van der Waals surface area contributed by atoms with Gasteiger partial charge in [0.25, 0.3) is 11.8 Å². The number of carbonyl (C=O) groups excluding carboxylic acids is 4. The van der Waals surface area contributed by atoms with Crippen molar-refractivity contribution >= 4 is 29.3 Å². The molecule has 0 spiro atoms. The van der Waals surface area contributed by atoms with E-state index in [0.717, 1.165) is 16.1 Å². The summed E-state index contributed by atoms with van der Waals surface area (Å²) in [4.78, 5) is 57.7. The largest absolute Gasteiger partial charge is 0.491 e. The number of likely N-dealkylation sites (tertiary alicyclic amines) is 1. The molecule has 4 aliphatic rings. The van der Waals surface area contributed by atoms with Gasteiger partial charge in [-0.05, 0) is 49.4 Å². The van der Waals surface area contributed by atoms with E-state index in [-0.39, 0.29) is 37.4 Å². The van der Waals surface area contributed by atoms with E-state index in [0.29, 0.717) is 29.0 Å². The average Bonchev–Trinajstić information content (AvgIpc) is 3.42. The van der Waals surface area contributed by atoms with Crippen LogP contribution in [-0.4, -0.2) is 58.9 Å². The minimum absolute atomic E-state index is 0.0461. The summed E-state index contributed by atoms with van der Waals surface area (Å²) in [6.45, 7) is 1.81. The highest BCUT2D eigenvalue weighted by atomic mass is 16.5. The topological polar surface area (TPSA) is 116 Å². The van der Waals surface area contributed by atoms with Crippen molar-refractivity contribution in [1.29, 1.82) is 0 Å². The average molecular weight is 606 g/mol. The number of hydrogen-bond donors (Lipinski definition) is 2. The molecule has 0 aromatic heterocycles. The molecule has 9 nitrogen and oxygen atoms in total. The van der Waals surface area contributed by atoms with Gasteiger partial charge in [0.15, 0.2) is 0 Å². The maximum absolute atomic E-state index is 15.1. The Kier molecular flexibility index (Phi) is 7.08. The molecule has 1 saturated carbocycles. The highest BCUT2D eigenvalue weighted by Crippen LogP contribution is 2.64. The molecule has 45 heavy (non-hydrogen) atoms. The van der Waals surface area contributed by atoms with Crippen molar-refractivity contribution in [3.8, 4) is 5.75 Å². The third-order valence-corrected chi connectivity index (χ3v) is 10.2. The Morgan fingerprint density at radius 3 is 2.33 bits per heavy atom. The van der Waals surface area contributed by atoms with Gasteiger partial charge in [0, 0.05) is 18.5 Å². The number of nitrogens with one attached hydrogen (secondary N) is 1. The van der Waals surface area contributed by atoms with Gasteiger partial charge in [0.05, 0.1) is 35.5 Å². The molecular weight excluding hydrogens is 570 g/mol. The van der Waals surface area contributed by atoms with Crippen LogP contribution in [0.5, 0.6) is 5.75 Å². The molecule has 2 aliphatic heterocycles. The SMILES string of the molecule is Cc1ccc(NN2C(=O)[C@@H]3C[C@@H]4C(=CC[C@@H]5C(=O)N(C)C(=O)[C@@H]54)[C@H](c4ccccc4OCCO)[C@]3(c3ccccc3)C2=O)cc1. The Bertz CT molecular complexity index is 1720. The van der Waals surface area contributed by atoms with Crippen LogP contribution in [0.4, 0.5) is 5.69 Å². The van der Waals surface area contributed by atoms with E-state index < -0.39 is 40.9 Å². The number of fused-ring (bicyclic) bond motifs is 4. The highest BCUT2D eigenvalue weighted by Gasteiger charge is 2.70. The molecule has 3 fully saturated rings. The molecule has 0 radical (unpaired) electrons. The van der Waals surface area contributed by atoms with E-state index in [1.54, 1.807) is 6.07 Å². The van der Waals surface area contributed by atoms with Crippen molar-refractivity contribution in [3.63, 3.8) is 0 Å². The first-order valence-electron chi connectivity index (χ1n) is 15.4. The van der Waals surface area contributed by atoms with Crippen LogP contribution in [0.2, 0.25) is 0 Å². The lowest BCUT2D eigenvalue weighted by molar-refractivity contribution is -0.140. The van der Waals surface area contributed by atoms with Crippen molar-refractivity contribution in [1.82, 2.24) is 9.91 Å². The maximum atomic E-state index is 15.1. The molecule has 0 unspecified atom stereocenters. The molecule has 2 saturated heterocycles. The summed E-state index contributed by atoms with van der Waals surface area (Å²) in [6, 6.07) is 24.3. The van der Waals surface area contributed by atoms with Gasteiger partial charge >= 0.3 is 0 Å². The van der Waals surface area contributed by atoms with Gasteiger partial charge in [-0.15, -0.1) is 0 Å². The fraction of sp³-hybridized carbons (Fsp3) is 0.333. The lowest BCUT2D eigenvalue weighted by Gasteiger charge is -2.50. The zero-order valence-electron chi connectivity index (χ0n) is 25.2. The van der Waals surface area contributed by atoms with Gasteiger partial charge in [0.1, 0.15) is 12.4 Å². The van der Waals surface area contributed by atoms with Gasteiger partial charge in [-0.1, -0.05) is 77.9 Å². The second-order valence-corrected chi connectivity index (χ2v) is 12.4. The standard InChI is InChI=1S/C36H35N3O6/c1-21-12-14-23(15-13-21)37-39-33(42)28-20-27-24(16-17-26-30(27)34(43)38(2)32(26)41)31(25-10-6-7-11-29(25)45-19-18-40)36(28,35(39)44)22-8-4-3-5-9-22/h3-16,26-28,30-31,37,40H,17-20H2,1-2H3/t26-,27+,28-,30-,31+,36+/m0/s1. The lowest BCUT2D eigenvalue weighted by atomic mass is 9.49. The summed E-state index contributed by atoms with van der Waals surface area (Å²) >= 11 is 0. The summed E-state index contributed by atoms with van der Waals surface area (Å²) in [5, 5.41) is 10.8. The van der Waals surface area contributed by atoms with E-state index >= 15 is 4.79 Å². The van der Waals surface area contributed by atoms with Crippen LogP contribution in [0.1, 0.15) is 35.4 Å². The smallest absolute Gasteiger partial charge is 0.260 e. The summed E-state index contributed by atoms with van der Waals surface area (Å²) in [5.41, 5.74) is 5.63. The van der Waals surface area contributed by atoms with Gasteiger partial charge in [-0.3, -0.25) is 29.5 Å². The first kappa shape index (κ1) is 29.0. The predicted molar refractivity (Wildman–Crippen MR) is 166 cm³/mol. The molecule has 3 aromatic carbocycles. The molecule has 2 heterocycles. The highest BCUT2D eigenvalue weighted by molar-refractivity contribution is 6.13. The first-order valence-corrected chi connectivity index (χ1v) is 15.4. The van der Waals surface area contributed by atoms with Crippen LogP contribution in [0.25, 0.3) is 0 Å². The first-order chi connectivity index (χ1) is 21.8. The molecule has 9 heteroatoms. The zero-order chi connectivity index (χ0) is 31.5. The van der Waals surface area contributed by atoms with Crippen molar-refractivity contribution in [3.05, 3.63) is 107 Å². The van der Waals surface area contributed by atoms with Crippen LogP contribution >= 0.6 is 0 Å². The van der Waals surface area contributed by atoms with Gasteiger partial charge in [-0.2, -0.15) is 5.01 Å². The number of allylic oxidation sites excluding steroid dienone is 2. The molecule has 6 atom stereocenters. The second-order valence-electron chi connectivity index (χ2n) is 12.4. The molecule has 2 aliphatic carbocycles. The fourth-order valence-electron chi connectivity index (χ4n) is 8.26. The number of aliphatic hydroxyl groups excluding tert-OH is 1. The van der Waals surface area contributed by atoms with E-state index in [9.17, 15) is 19.5 Å². The predicted octanol–water partition coefficient (Wildman–Crippen LogP) is 3.98. The Labute approximate surface area is 261 Å². The number of nitrogens with zero attached hydrogens (tertiary/aromatic N) is 2. The Morgan fingerprint density at radius 1 is 0.889 bits per heavy atom. The molecule has 4 amide bonds. The summed E-state index contributed by atoms with van der Waals surface area (Å²) in [6.07, 6.45) is 2.63. The van der Waals surface area contributed by atoms with Crippen molar-refractivity contribution in [2.24, 2.45) is 23.7 Å². The van der Waals surface area contributed by atoms with Gasteiger partial charge in [0.2, 0.25) is 11.8 Å². The third kappa shape index (κ3) is 4.24. The number of hydrazine groups is 1. The molecule has 0 bridgehead atoms. The van der Waals surface area contributed by atoms with Crippen molar-refractivity contribution in [2.45, 2.75) is 31.1 Å². The Hall–Kier alpha value is -4.76. The Morgan fingerprint density at radius 2 is 1.60 bits per heavy atom. The molecule has 3 aromatic rings. The number of benzene rings is 3. The minimum Gasteiger partial charge on any atom is -0.491 e. The lowest BCUT2D eigenvalue weighted by Crippen LogP contribution is -2.53. The molecule has 230 valence electrons. The van der Waals surface area contributed by atoms with E-state index in [4.69, 9.17) is 4.74 Å². The fourth-order valence-corrected chi connectivity index (χ4v) is 8.26. The maximum Gasteiger partial charge on any atom is 0.260 e. The number of amides is 4. The number of imide groups is 2. The van der Waals surface area contributed by atoms with Crippen LogP contribution < -0.4 is 10.2 Å². The number of anilines is 1. The van der Waals surface area contributed by atoms with Crippen LogP contribution in [0, 0.1) is 30.6 Å². The third-order valence-electron chi connectivity index (χ3n) is 10.2. The van der Waals surface area contributed by atoms with Gasteiger partial charge in [-0.25, -0.2) is 0 Å². The monoisotopic (exact) mass is 605 g/mol. The normalized spacial score (nSPS) is 28.9. The molecule has 2 N–H and O–H groups in total. The van der Waals surface area contributed by atoms with Gasteiger partial charge < -0.3 is 9.84 Å². The second kappa shape index (κ2) is 11.0. The summed E-state index contributed by atoms with van der Waals surface area (Å²) in [7, 11) is 1.52. The number of para-hydroxylation sites is 1. The summed E-state index contributed by atoms with van der Waals surface area (Å²) in [5.74, 6) is -3.81. The number of carbonyl (C=O) groups is 4. The van der Waals surface area contributed by atoms with E-state index in [1.807, 2.05) is 85.8 Å². The summed E-state index contributed by atoms with van der Waals surface area (Å²) < 4.78 is 6.05. The number of hydrogen-bond acceptors (Lipinski definition) is 7. The quantitative estimate of drug-likeness (QED) is 0.309. The number of aryl methyl sites for hydroxylation is 1. The Balaban J connectivity index is 1.47. The minimum atomic E-state index is -1.37. The zero-order valence-corrected chi connectivity index (χ0v) is 25.2. The van der Waals surface area contributed by atoms with Crippen LogP contribution in [0.3, 0.4) is 0 Å². The molecular formula is C36H35N3O6. The number of aliphatic hydroxyl groups is 1. The van der Waals surface area contributed by atoms with Crippen molar-refractivity contribution in [2.75, 3.05) is 25.7 Å². The van der Waals surface area contributed by atoms with Crippen LogP contribution in [-0.2, 0) is 24.6 Å². The molecule has 7 rings (SSSR count). The van der Waals surface area contributed by atoms with Crippen molar-refractivity contribution < 1.29 is 29.0 Å². The van der Waals surface area contributed by atoms with Crippen LogP contribution in [0.15, 0.2) is 90.5 Å². The number of ether oxygens (including phenoxy) is 1. The number of rotatable bonds is 7. The van der Waals surface area contributed by atoms with E-state index in [2.05, 4.69) is 5.43 Å². The van der Waals surface area contributed by atoms with E-state index in [1.165, 1.54) is 11.9 Å².